The second-order valence-corrected chi connectivity index (χ2v) is 8.05. The van der Waals surface area contributed by atoms with Gasteiger partial charge in [-0.2, -0.15) is 28.6 Å². The Balaban J connectivity index is 1.29. The number of anilines is 2. The van der Waals surface area contributed by atoms with Gasteiger partial charge in [0.25, 0.3) is 0 Å². The van der Waals surface area contributed by atoms with E-state index in [4.69, 9.17) is 5.73 Å². The Labute approximate surface area is 186 Å². The van der Waals surface area contributed by atoms with Crippen LogP contribution in [-0.2, 0) is 13.0 Å². The zero-order valence-electron chi connectivity index (χ0n) is 17.5. The molecule has 1 unspecified atom stereocenters. The third kappa shape index (κ3) is 4.60. The van der Waals surface area contributed by atoms with E-state index in [1.807, 2.05) is 36.5 Å². The predicted molar refractivity (Wildman–Crippen MR) is 117 cm³/mol. The summed E-state index contributed by atoms with van der Waals surface area (Å²) < 4.78 is 41.2. The maximum Gasteiger partial charge on any atom is 0.405 e. The number of halogens is 3. The molecule has 12 heteroatoms. The lowest BCUT2D eigenvalue weighted by Crippen LogP contribution is -2.57. The van der Waals surface area contributed by atoms with Gasteiger partial charge in [0.1, 0.15) is 17.4 Å². The molecule has 4 heterocycles. The van der Waals surface area contributed by atoms with E-state index in [-0.39, 0.29) is 13.1 Å². The van der Waals surface area contributed by atoms with Gasteiger partial charge in [-0.25, -0.2) is 4.98 Å². The average Bonchev–Trinajstić information content (AvgIpc) is 3.43. The number of fused-ring (bicyclic) bond motifs is 1. The summed E-state index contributed by atoms with van der Waals surface area (Å²) >= 11 is 0. The molecule has 1 aliphatic rings. The number of rotatable bonds is 5. The summed E-state index contributed by atoms with van der Waals surface area (Å²) in [5.41, 5.74) is 10.4. The molecule has 3 aromatic heterocycles. The van der Waals surface area contributed by atoms with E-state index >= 15 is 0 Å². The van der Waals surface area contributed by atoms with Crippen LogP contribution in [0.15, 0.2) is 42.6 Å². The van der Waals surface area contributed by atoms with Crippen molar-refractivity contribution in [2.75, 3.05) is 30.3 Å². The molecule has 1 aromatic carbocycles. The Morgan fingerprint density at radius 3 is 2.88 bits per heavy atom. The molecule has 172 valence electrons. The SMILES string of the molecule is Nc1cc(Cc2ccn(Cc3cccc(N4CCNC(C(F)(F)F)C4)c3)n2)c2n[nH]nc2n1. The highest BCUT2D eigenvalue weighted by Gasteiger charge is 2.42. The van der Waals surface area contributed by atoms with Gasteiger partial charge in [-0.3, -0.25) is 4.68 Å². The van der Waals surface area contributed by atoms with E-state index in [0.29, 0.717) is 36.5 Å². The first-order valence-electron chi connectivity index (χ1n) is 10.5. The van der Waals surface area contributed by atoms with Crippen LogP contribution in [-0.4, -0.2) is 62.0 Å². The summed E-state index contributed by atoms with van der Waals surface area (Å²) in [5.74, 6) is 0.364. The zero-order valence-corrected chi connectivity index (χ0v) is 17.5. The van der Waals surface area contributed by atoms with Crippen molar-refractivity contribution in [2.45, 2.75) is 25.2 Å². The van der Waals surface area contributed by atoms with Crippen molar-refractivity contribution in [3.05, 3.63) is 59.4 Å². The summed E-state index contributed by atoms with van der Waals surface area (Å²) in [4.78, 5) is 5.91. The molecule has 33 heavy (non-hydrogen) atoms. The third-order valence-corrected chi connectivity index (χ3v) is 5.65. The minimum Gasteiger partial charge on any atom is -0.384 e. The second kappa shape index (κ2) is 8.35. The van der Waals surface area contributed by atoms with Crippen LogP contribution in [0.2, 0.25) is 0 Å². The van der Waals surface area contributed by atoms with Crippen LogP contribution in [0.5, 0.6) is 0 Å². The Kier molecular flexibility index (Phi) is 5.36. The van der Waals surface area contributed by atoms with Gasteiger partial charge in [-0.05, 0) is 35.4 Å². The quantitative estimate of drug-likeness (QED) is 0.421. The van der Waals surface area contributed by atoms with Crippen molar-refractivity contribution >= 4 is 22.7 Å². The van der Waals surface area contributed by atoms with Crippen LogP contribution in [0.1, 0.15) is 16.8 Å². The maximum atomic E-state index is 13.1. The van der Waals surface area contributed by atoms with Crippen molar-refractivity contribution in [2.24, 2.45) is 0 Å². The number of nitrogens with zero attached hydrogens (tertiary/aromatic N) is 6. The van der Waals surface area contributed by atoms with Gasteiger partial charge in [0, 0.05) is 37.9 Å². The molecule has 5 rings (SSSR count). The molecular weight excluding hydrogens is 435 g/mol. The van der Waals surface area contributed by atoms with Gasteiger partial charge in [0.15, 0.2) is 0 Å². The summed E-state index contributed by atoms with van der Waals surface area (Å²) in [6, 6.07) is 9.71. The molecule has 4 N–H and O–H groups in total. The number of hydrogen-bond donors (Lipinski definition) is 3. The Morgan fingerprint density at radius 1 is 1.15 bits per heavy atom. The third-order valence-electron chi connectivity index (χ3n) is 5.65. The number of nitrogens with one attached hydrogen (secondary N) is 2. The first-order chi connectivity index (χ1) is 15.8. The van der Waals surface area contributed by atoms with Gasteiger partial charge in [0.05, 0.1) is 12.2 Å². The Morgan fingerprint density at radius 2 is 2.03 bits per heavy atom. The Bertz CT molecular complexity index is 1260. The van der Waals surface area contributed by atoms with E-state index in [1.165, 1.54) is 0 Å². The summed E-state index contributed by atoms with van der Waals surface area (Å²) in [7, 11) is 0. The predicted octanol–water partition coefficient (Wildman–Crippen LogP) is 2.11. The fraction of sp³-hybridized carbons (Fsp3) is 0.333. The van der Waals surface area contributed by atoms with Crippen LogP contribution >= 0.6 is 0 Å². The molecule has 9 nitrogen and oxygen atoms in total. The van der Waals surface area contributed by atoms with Crippen molar-refractivity contribution in [1.82, 2.24) is 35.5 Å². The normalized spacial score (nSPS) is 17.1. The fourth-order valence-electron chi connectivity index (χ4n) is 4.08. The van der Waals surface area contributed by atoms with Crippen LogP contribution in [0.25, 0.3) is 11.2 Å². The monoisotopic (exact) mass is 457 g/mol. The lowest BCUT2D eigenvalue weighted by molar-refractivity contribution is -0.155. The number of alkyl halides is 3. The highest BCUT2D eigenvalue weighted by Crippen LogP contribution is 2.26. The first-order valence-corrected chi connectivity index (χ1v) is 10.5. The van der Waals surface area contributed by atoms with E-state index in [1.54, 1.807) is 15.6 Å². The fourth-order valence-corrected chi connectivity index (χ4v) is 4.08. The van der Waals surface area contributed by atoms with E-state index in [9.17, 15) is 13.2 Å². The molecule has 0 amide bonds. The molecule has 1 aliphatic heterocycles. The van der Waals surface area contributed by atoms with Crippen LogP contribution < -0.4 is 16.0 Å². The molecule has 0 aliphatic carbocycles. The number of nitrogen functional groups attached to an aromatic ring is 1. The molecule has 0 bridgehead atoms. The molecule has 1 fully saturated rings. The molecule has 0 radical (unpaired) electrons. The van der Waals surface area contributed by atoms with Crippen LogP contribution in [0.4, 0.5) is 24.7 Å². The van der Waals surface area contributed by atoms with Gasteiger partial charge < -0.3 is 16.0 Å². The molecule has 0 spiro atoms. The zero-order chi connectivity index (χ0) is 23.0. The van der Waals surface area contributed by atoms with Gasteiger partial charge in [-0.1, -0.05) is 12.1 Å². The number of nitrogens with two attached hydrogens (primary N) is 1. The smallest absolute Gasteiger partial charge is 0.384 e. The number of pyridine rings is 1. The van der Waals surface area contributed by atoms with Crippen molar-refractivity contribution < 1.29 is 13.2 Å². The summed E-state index contributed by atoms with van der Waals surface area (Å²) in [6.45, 7) is 1.20. The molecular formula is C21H22F3N9. The number of H-pyrrole nitrogens is 1. The number of aromatic amines is 1. The van der Waals surface area contributed by atoms with Crippen molar-refractivity contribution in [3.8, 4) is 0 Å². The highest BCUT2D eigenvalue weighted by atomic mass is 19.4. The van der Waals surface area contributed by atoms with Crippen LogP contribution in [0, 0.1) is 0 Å². The van der Waals surface area contributed by atoms with E-state index in [2.05, 4.69) is 30.8 Å². The number of benzene rings is 1. The van der Waals surface area contributed by atoms with E-state index < -0.39 is 12.2 Å². The van der Waals surface area contributed by atoms with E-state index in [0.717, 1.165) is 22.5 Å². The van der Waals surface area contributed by atoms with Crippen molar-refractivity contribution in [1.29, 1.82) is 0 Å². The van der Waals surface area contributed by atoms with Crippen LogP contribution in [0.3, 0.4) is 0 Å². The Hall–Kier alpha value is -3.67. The highest BCUT2D eigenvalue weighted by molar-refractivity contribution is 5.75. The van der Waals surface area contributed by atoms with Gasteiger partial charge >= 0.3 is 6.18 Å². The first kappa shape index (κ1) is 21.2. The second-order valence-electron chi connectivity index (χ2n) is 8.05. The van der Waals surface area contributed by atoms with Gasteiger partial charge in [-0.15, -0.1) is 5.10 Å². The van der Waals surface area contributed by atoms with Gasteiger partial charge in [0.2, 0.25) is 5.65 Å². The topological polar surface area (TPSA) is 114 Å². The molecule has 1 atom stereocenters. The number of aromatic nitrogens is 6. The standard InChI is InChI=1S/C21H22F3N9/c22-21(23,24)17-12-32(7-5-26-17)16-3-1-2-13(8-16)11-33-6-4-15(30-33)9-14-10-18(25)27-20-19(14)28-31-29-20/h1-4,6,8,10,17,26H,5,7,9,11-12H2,(H3,25,27,28,29,31). The number of hydrogen-bond acceptors (Lipinski definition) is 7. The average molecular weight is 457 g/mol. The largest absolute Gasteiger partial charge is 0.405 e. The number of piperazine rings is 1. The molecule has 0 saturated carbocycles. The summed E-state index contributed by atoms with van der Waals surface area (Å²) in [6.07, 6.45) is -1.88. The lowest BCUT2D eigenvalue weighted by Gasteiger charge is -2.36. The van der Waals surface area contributed by atoms with Crippen molar-refractivity contribution in [3.63, 3.8) is 0 Å². The molecule has 1 saturated heterocycles. The summed E-state index contributed by atoms with van der Waals surface area (Å²) in [5, 5.41) is 17.9. The molecule has 4 aromatic rings. The minimum absolute atomic E-state index is 0.107. The minimum atomic E-state index is -4.27. The maximum absolute atomic E-state index is 13.1. The lowest BCUT2D eigenvalue weighted by atomic mass is 10.1.